The van der Waals surface area contributed by atoms with Gasteiger partial charge in [-0.25, -0.2) is 5.43 Å². The van der Waals surface area contributed by atoms with E-state index in [0.29, 0.717) is 11.1 Å². The Morgan fingerprint density at radius 1 is 0.853 bits per heavy atom. The van der Waals surface area contributed by atoms with Crippen molar-refractivity contribution in [2.75, 3.05) is 41.4 Å². The number of anilines is 3. The van der Waals surface area contributed by atoms with Crippen LogP contribution in [0.25, 0.3) is 0 Å². The SMILES string of the molecule is CCN(CC)c1ccc(C=NNc2nncn2N=Cc2ccc(N(CC)CC)cc2O)c(O)c1. The maximum atomic E-state index is 10.4. The molecule has 0 saturated carbocycles. The van der Waals surface area contributed by atoms with Gasteiger partial charge in [0, 0.05) is 60.8 Å². The molecule has 0 saturated heterocycles. The summed E-state index contributed by atoms with van der Waals surface area (Å²) in [5.41, 5.74) is 5.81. The monoisotopic (exact) mass is 464 g/mol. The number of aromatic nitrogens is 3. The van der Waals surface area contributed by atoms with E-state index in [-0.39, 0.29) is 17.4 Å². The zero-order valence-corrected chi connectivity index (χ0v) is 20.0. The van der Waals surface area contributed by atoms with Gasteiger partial charge in [0.25, 0.3) is 5.95 Å². The van der Waals surface area contributed by atoms with Crippen LogP contribution in [0.1, 0.15) is 38.8 Å². The topological polar surface area (TPSA) is 114 Å². The van der Waals surface area contributed by atoms with Crippen molar-refractivity contribution in [3.05, 3.63) is 53.9 Å². The summed E-state index contributed by atoms with van der Waals surface area (Å²) in [6.07, 6.45) is 4.45. The summed E-state index contributed by atoms with van der Waals surface area (Å²) in [6.45, 7) is 11.7. The molecule has 0 spiro atoms. The first-order chi connectivity index (χ1) is 16.5. The summed E-state index contributed by atoms with van der Waals surface area (Å²) >= 11 is 0. The molecule has 1 heterocycles. The van der Waals surface area contributed by atoms with E-state index in [1.54, 1.807) is 12.1 Å². The molecule has 34 heavy (non-hydrogen) atoms. The lowest BCUT2D eigenvalue weighted by molar-refractivity contribution is 0.474. The molecule has 0 aliphatic rings. The standard InChI is InChI=1S/C24H32N8O2/c1-5-30(6-2)20-11-9-18(22(33)13-20)15-25-28-24-29-26-17-32(24)27-16-19-10-12-21(14-23(19)34)31(7-3)8-4/h9-17,33-34H,5-8H2,1-4H3,(H,28,29). The van der Waals surface area contributed by atoms with E-state index >= 15 is 0 Å². The number of aromatic hydroxyl groups is 2. The zero-order chi connectivity index (χ0) is 24.5. The third kappa shape index (κ3) is 5.83. The molecule has 0 amide bonds. The summed E-state index contributed by atoms with van der Waals surface area (Å²) in [5, 5.41) is 37.0. The van der Waals surface area contributed by atoms with Gasteiger partial charge in [-0.3, -0.25) is 0 Å². The van der Waals surface area contributed by atoms with Gasteiger partial charge in [-0.2, -0.15) is 14.9 Å². The van der Waals surface area contributed by atoms with Crippen molar-refractivity contribution in [1.29, 1.82) is 0 Å². The summed E-state index contributed by atoms with van der Waals surface area (Å²) < 4.78 is 1.40. The highest BCUT2D eigenvalue weighted by molar-refractivity contribution is 5.85. The molecule has 10 heteroatoms. The fraction of sp³-hybridized carbons (Fsp3) is 0.333. The molecule has 180 valence electrons. The van der Waals surface area contributed by atoms with Crippen molar-refractivity contribution >= 4 is 29.8 Å². The number of phenolic OH excluding ortho intramolecular Hbond substituents is 2. The van der Waals surface area contributed by atoms with Crippen LogP contribution in [0, 0.1) is 0 Å². The number of hydrogen-bond acceptors (Lipinski definition) is 9. The molecule has 3 N–H and O–H groups in total. The molecule has 0 fully saturated rings. The molecular weight excluding hydrogens is 432 g/mol. The van der Waals surface area contributed by atoms with Gasteiger partial charge in [0.2, 0.25) is 0 Å². The molecule has 0 aliphatic heterocycles. The van der Waals surface area contributed by atoms with Crippen LogP contribution in [0.3, 0.4) is 0 Å². The lowest BCUT2D eigenvalue weighted by Crippen LogP contribution is -2.21. The van der Waals surface area contributed by atoms with Crippen molar-refractivity contribution in [3.63, 3.8) is 0 Å². The second-order valence-electron chi connectivity index (χ2n) is 7.44. The summed E-state index contributed by atoms with van der Waals surface area (Å²) in [5.74, 6) is 0.557. The van der Waals surface area contributed by atoms with Crippen LogP contribution in [-0.2, 0) is 0 Å². The van der Waals surface area contributed by atoms with E-state index in [1.165, 1.54) is 23.4 Å². The lowest BCUT2D eigenvalue weighted by atomic mass is 10.2. The van der Waals surface area contributed by atoms with Gasteiger partial charge in [-0.05, 0) is 52.0 Å². The Kier molecular flexibility index (Phi) is 8.44. The first kappa shape index (κ1) is 24.6. The van der Waals surface area contributed by atoms with E-state index in [1.807, 2.05) is 24.3 Å². The number of nitrogens with one attached hydrogen (secondary N) is 1. The van der Waals surface area contributed by atoms with Gasteiger partial charge in [0.15, 0.2) is 0 Å². The van der Waals surface area contributed by atoms with Crippen LogP contribution in [0.5, 0.6) is 11.5 Å². The van der Waals surface area contributed by atoms with Crippen molar-refractivity contribution in [2.45, 2.75) is 27.7 Å². The average molecular weight is 465 g/mol. The molecule has 0 aliphatic carbocycles. The van der Waals surface area contributed by atoms with Gasteiger partial charge in [-0.1, -0.05) is 0 Å². The number of phenols is 2. The highest BCUT2D eigenvalue weighted by Gasteiger charge is 2.08. The van der Waals surface area contributed by atoms with Crippen molar-refractivity contribution < 1.29 is 10.2 Å². The molecule has 3 rings (SSSR count). The predicted molar refractivity (Wildman–Crippen MR) is 138 cm³/mol. The number of nitrogens with zero attached hydrogens (tertiary/aromatic N) is 7. The minimum Gasteiger partial charge on any atom is -0.507 e. The Morgan fingerprint density at radius 2 is 1.38 bits per heavy atom. The van der Waals surface area contributed by atoms with E-state index < -0.39 is 0 Å². The normalized spacial score (nSPS) is 11.4. The van der Waals surface area contributed by atoms with Crippen molar-refractivity contribution in [1.82, 2.24) is 14.9 Å². The Hall–Kier alpha value is -4.08. The van der Waals surface area contributed by atoms with E-state index in [4.69, 9.17) is 0 Å². The number of rotatable bonds is 11. The first-order valence-corrected chi connectivity index (χ1v) is 11.4. The zero-order valence-electron chi connectivity index (χ0n) is 20.0. The number of hydrazone groups is 1. The molecule has 1 aromatic heterocycles. The van der Waals surface area contributed by atoms with Gasteiger partial charge >= 0.3 is 0 Å². The molecule has 2 aromatic carbocycles. The Labute approximate surface area is 199 Å². The van der Waals surface area contributed by atoms with Crippen molar-refractivity contribution in [2.24, 2.45) is 10.2 Å². The predicted octanol–water partition coefficient (Wildman–Crippen LogP) is 3.71. The van der Waals surface area contributed by atoms with Crippen LogP contribution in [0.2, 0.25) is 0 Å². The molecular formula is C24H32N8O2. The largest absolute Gasteiger partial charge is 0.507 e. The third-order valence-electron chi connectivity index (χ3n) is 5.51. The summed E-state index contributed by atoms with van der Waals surface area (Å²) in [4.78, 5) is 4.30. The van der Waals surface area contributed by atoms with E-state index in [0.717, 1.165) is 37.6 Å². The minimum absolute atomic E-state index is 0.136. The second kappa shape index (κ2) is 11.7. The average Bonchev–Trinajstić information content (AvgIpc) is 3.28. The van der Waals surface area contributed by atoms with Gasteiger partial charge in [0.05, 0.1) is 12.4 Å². The maximum absolute atomic E-state index is 10.4. The fourth-order valence-corrected chi connectivity index (χ4v) is 3.53. The van der Waals surface area contributed by atoms with Crippen molar-refractivity contribution in [3.8, 4) is 11.5 Å². The second-order valence-corrected chi connectivity index (χ2v) is 7.44. The Balaban J connectivity index is 1.69. The number of hydrogen-bond donors (Lipinski definition) is 3. The molecule has 0 atom stereocenters. The molecule has 0 unspecified atom stereocenters. The lowest BCUT2D eigenvalue weighted by Gasteiger charge is -2.21. The van der Waals surface area contributed by atoms with Gasteiger partial charge < -0.3 is 20.0 Å². The maximum Gasteiger partial charge on any atom is 0.265 e. The molecule has 10 nitrogen and oxygen atoms in total. The van der Waals surface area contributed by atoms with Gasteiger partial charge in [0.1, 0.15) is 17.8 Å². The smallest absolute Gasteiger partial charge is 0.265 e. The molecule has 3 aromatic rings. The molecule has 0 radical (unpaired) electrons. The molecule has 0 bridgehead atoms. The van der Waals surface area contributed by atoms with Gasteiger partial charge in [-0.15, -0.1) is 10.2 Å². The first-order valence-electron chi connectivity index (χ1n) is 11.4. The quantitative estimate of drug-likeness (QED) is 0.293. The van der Waals surface area contributed by atoms with Crippen LogP contribution < -0.4 is 15.2 Å². The Morgan fingerprint density at radius 3 is 1.88 bits per heavy atom. The van der Waals surface area contributed by atoms with Crippen LogP contribution in [0.4, 0.5) is 17.3 Å². The van der Waals surface area contributed by atoms with Crippen LogP contribution in [0.15, 0.2) is 52.9 Å². The Bertz CT molecular complexity index is 1130. The highest BCUT2D eigenvalue weighted by Crippen LogP contribution is 2.24. The summed E-state index contributed by atoms with van der Waals surface area (Å²) in [7, 11) is 0. The summed E-state index contributed by atoms with van der Waals surface area (Å²) in [6, 6.07) is 11.0. The fourth-order valence-electron chi connectivity index (χ4n) is 3.53. The number of benzene rings is 2. The third-order valence-corrected chi connectivity index (χ3v) is 5.51. The minimum atomic E-state index is 0.136. The van der Waals surface area contributed by atoms with E-state index in [2.05, 4.69) is 63.3 Å². The highest BCUT2D eigenvalue weighted by atomic mass is 16.3. The van der Waals surface area contributed by atoms with Crippen LogP contribution in [-0.4, -0.2) is 63.7 Å². The van der Waals surface area contributed by atoms with Crippen LogP contribution >= 0.6 is 0 Å². The van der Waals surface area contributed by atoms with E-state index in [9.17, 15) is 10.2 Å².